The van der Waals surface area contributed by atoms with Gasteiger partial charge in [-0.3, -0.25) is 0 Å². The van der Waals surface area contributed by atoms with Crippen molar-refractivity contribution >= 4 is 5.69 Å². The van der Waals surface area contributed by atoms with Crippen molar-refractivity contribution in [1.29, 1.82) is 0 Å². The maximum Gasteiger partial charge on any atom is 0.231 e. The topological polar surface area (TPSA) is 74.2 Å². The van der Waals surface area contributed by atoms with E-state index in [0.717, 1.165) is 43.1 Å². The van der Waals surface area contributed by atoms with Gasteiger partial charge >= 0.3 is 0 Å². The van der Waals surface area contributed by atoms with Gasteiger partial charge in [0.25, 0.3) is 0 Å². The molecule has 2 heterocycles. The Morgan fingerprint density at radius 3 is 3.11 bits per heavy atom. The first-order chi connectivity index (χ1) is 9.29. The Kier molecular flexibility index (Phi) is 3.46. The van der Waals surface area contributed by atoms with E-state index in [2.05, 4.69) is 10.1 Å². The quantitative estimate of drug-likeness (QED) is 0.848. The van der Waals surface area contributed by atoms with Crippen molar-refractivity contribution in [2.75, 3.05) is 18.9 Å². The number of ether oxygens (including phenoxy) is 1. The lowest BCUT2D eigenvalue weighted by Gasteiger charge is -2.01. The molecule has 0 bridgehead atoms. The molecular formula is C14H17N3O2. The van der Waals surface area contributed by atoms with E-state index in [1.807, 2.05) is 24.3 Å². The molecule has 3 rings (SSSR count). The minimum Gasteiger partial charge on any atom is -0.399 e. The third-order valence-corrected chi connectivity index (χ3v) is 3.31. The highest BCUT2D eigenvalue weighted by Crippen LogP contribution is 2.17. The average Bonchev–Trinajstić information content (AvgIpc) is 3.02. The van der Waals surface area contributed by atoms with Crippen LogP contribution in [0.5, 0.6) is 0 Å². The fourth-order valence-electron chi connectivity index (χ4n) is 2.33. The van der Waals surface area contributed by atoms with Crippen LogP contribution in [-0.2, 0) is 17.6 Å². The van der Waals surface area contributed by atoms with E-state index in [4.69, 9.17) is 15.0 Å². The fraction of sp³-hybridized carbons (Fsp3) is 0.429. The minimum absolute atomic E-state index is 0.526. The Hall–Kier alpha value is -1.88. The van der Waals surface area contributed by atoms with E-state index in [9.17, 15) is 0 Å². The predicted octanol–water partition coefficient (Wildman–Crippen LogP) is 1.82. The van der Waals surface area contributed by atoms with E-state index >= 15 is 0 Å². The van der Waals surface area contributed by atoms with Gasteiger partial charge in [0.2, 0.25) is 5.89 Å². The van der Waals surface area contributed by atoms with Crippen LogP contribution in [0.3, 0.4) is 0 Å². The third kappa shape index (κ3) is 3.12. The van der Waals surface area contributed by atoms with Crippen LogP contribution in [-0.4, -0.2) is 23.4 Å². The maximum absolute atomic E-state index is 5.75. The number of benzene rings is 1. The summed E-state index contributed by atoms with van der Waals surface area (Å²) in [5.74, 6) is 1.94. The predicted molar refractivity (Wildman–Crippen MR) is 70.6 cm³/mol. The van der Waals surface area contributed by atoms with Gasteiger partial charge in [0.1, 0.15) is 0 Å². The molecule has 0 aliphatic carbocycles. The molecule has 1 atom stereocenters. The zero-order chi connectivity index (χ0) is 13.1. The van der Waals surface area contributed by atoms with E-state index in [1.165, 1.54) is 0 Å². The zero-order valence-electron chi connectivity index (χ0n) is 10.7. The SMILES string of the molecule is Nc1cccc(Cc2nc(CC3CCOC3)no2)c1. The van der Waals surface area contributed by atoms with Crippen LogP contribution < -0.4 is 5.73 Å². The lowest BCUT2D eigenvalue weighted by atomic mass is 10.1. The molecule has 1 aliphatic rings. The lowest BCUT2D eigenvalue weighted by Crippen LogP contribution is -2.05. The molecule has 1 fully saturated rings. The first kappa shape index (κ1) is 12.2. The Morgan fingerprint density at radius 1 is 1.37 bits per heavy atom. The number of rotatable bonds is 4. The Labute approximate surface area is 111 Å². The van der Waals surface area contributed by atoms with Crippen LogP contribution >= 0.6 is 0 Å². The summed E-state index contributed by atoms with van der Waals surface area (Å²) >= 11 is 0. The molecule has 0 spiro atoms. The minimum atomic E-state index is 0.526. The highest BCUT2D eigenvalue weighted by Gasteiger charge is 2.19. The Bertz CT molecular complexity index is 547. The first-order valence-corrected chi connectivity index (χ1v) is 6.53. The molecule has 2 aromatic rings. The van der Waals surface area contributed by atoms with Crippen LogP contribution in [0.15, 0.2) is 28.8 Å². The van der Waals surface area contributed by atoms with Gasteiger partial charge < -0.3 is 15.0 Å². The number of nitrogens with two attached hydrogens (primary N) is 1. The zero-order valence-corrected chi connectivity index (χ0v) is 10.7. The summed E-state index contributed by atoms with van der Waals surface area (Å²) in [6.07, 6.45) is 2.54. The van der Waals surface area contributed by atoms with Gasteiger partial charge in [-0.2, -0.15) is 4.98 Å². The highest BCUT2D eigenvalue weighted by molar-refractivity contribution is 5.41. The van der Waals surface area contributed by atoms with Crippen molar-refractivity contribution in [2.45, 2.75) is 19.3 Å². The van der Waals surface area contributed by atoms with E-state index in [0.29, 0.717) is 18.2 Å². The number of nitrogen functional groups attached to an aromatic ring is 1. The number of nitrogens with zero attached hydrogens (tertiary/aromatic N) is 2. The fourth-order valence-corrected chi connectivity index (χ4v) is 2.33. The van der Waals surface area contributed by atoms with E-state index < -0.39 is 0 Å². The van der Waals surface area contributed by atoms with Gasteiger partial charge in [-0.15, -0.1) is 0 Å². The Balaban J connectivity index is 1.64. The summed E-state index contributed by atoms with van der Waals surface area (Å²) in [7, 11) is 0. The summed E-state index contributed by atoms with van der Waals surface area (Å²) in [5.41, 5.74) is 7.58. The van der Waals surface area contributed by atoms with Gasteiger partial charge in [0.15, 0.2) is 5.82 Å². The van der Waals surface area contributed by atoms with Gasteiger partial charge in [0.05, 0.1) is 6.42 Å². The molecule has 5 heteroatoms. The summed E-state index contributed by atoms with van der Waals surface area (Å²) in [4.78, 5) is 4.42. The average molecular weight is 259 g/mol. The largest absolute Gasteiger partial charge is 0.399 e. The summed E-state index contributed by atoms with van der Waals surface area (Å²) < 4.78 is 10.6. The molecule has 1 aromatic carbocycles. The monoisotopic (exact) mass is 259 g/mol. The van der Waals surface area contributed by atoms with Crippen molar-refractivity contribution in [3.8, 4) is 0 Å². The smallest absolute Gasteiger partial charge is 0.231 e. The summed E-state index contributed by atoms with van der Waals surface area (Å²) in [6, 6.07) is 7.72. The Morgan fingerprint density at radius 2 is 2.32 bits per heavy atom. The number of aromatic nitrogens is 2. The van der Waals surface area contributed by atoms with Crippen LogP contribution in [0.25, 0.3) is 0 Å². The summed E-state index contributed by atoms with van der Waals surface area (Å²) in [5, 5.41) is 4.03. The number of anilines is 1. The second-order valence-corrected chi connectivity index (χ2v) is 4.96. The molecular weight excluding hydrogens is 242 g/mol. The maximum atomic E-state index is 5.75. The molecule has 0 amide bonds. The van der Waals surface area contributed by atoms with Gasteiger partial charge in [-0.05, 0) is 30.0 Å². The van der Waals surface area contributed by atoms with Crippen molar-refractivity contribution in [1.82, 2.24) is 10.1 Å². The van der Waals surface area contributed by atoms with Gasteiger partial charge in [-0.25, -0.2) is 0 Å². The molecule has 0 saturated carbocycles. The summed E-state index contributed by atoms with van der Waals surface area (Å²) in [6.45, 7) is 1.65. The van der Waals surface area contributed by atoms with Gasteiger partial charge in [0, 0.05) is 25.3 Å². The number of hydrogen-bond donors (Lipinski definition) is 1. The highest BCUT2D eigenvalue weighted by atomic mass is 16.5. The second-order valence-electron chi connectivity index (χ2n) is 4.96. The molecule has 2 N–H and O–H groups in total. The van der Waals surface area contributed by atoms with E-state index in [1.54, 1.807) is 0 Å². The molecule has 1 aromatic heterocycles. The standard InChI is InChI=1S/C14H17N3O2/c15-12-3-1-2-10(6-12)8-14-16-13(17-19-14)7-11-4-5-18-9-11/h1-3,6,11H,4-5,7-9,15H2. The molecule has 5 nitrogen and oxygen atoms in total. The van der Waals surface area contributed by atoms with Crippen LogP contribution in [0.1, 0.15) is 23.7 Å². The van der Waals surface area contributed by atoms with Gasteiger partial charge in [-0.1, -0.05) is 17.3 Å². The molecule has 1 unspecified atom stereocenters. The molecule has 1 aliphatic heterocycles. The molecule has 1 saturated heterocycles. The van der Waals surface area contributed by atoms with Crippen LogP contribution in [0.2, 0.25) is 0 Å². The van der Waals surface area contributed by atoms with Crippen LogP contribution in [0, 0.1) is 5.92 Å². The molecule has 100 valence electrons. The third-order valence-electron chi connectivity index (χ3n) is 3.31. The van der Waals surface area contributed by atoms with Crippen LogP contribution in [0.4, 0.5) is 5.69 Å². The lowest BCUT2D eigenvalue weighted by molar-refractivity contribution is 0.185. The van der Waals surface area contributed by atoms with Crippen molar-refractivity contribution in [3.63, 3.8) is 0 Å². The van der Waals surface area contributed by atoms with Crippen molar-refractivity contribution in [3.05, 3.63) is 41.5 Å². The first-order valence-electron chi connectivity index (χ1n) is 6.53. The van der Waals surface area contributed by atoms with Crippen molar-refractivity contribution < 1.29 is 9.26 Å². The normalized spacial score (nSPS) is 18.8. The molecule has 19 heavy (non-hydrogen) atoms. The number of hydrogen-bond acceptors (Lipinski definition) is 5. The molecule has 0 radical (unpaired) electrons. The second kappa shape index (κ2) is 5.40. The van der Waals surface area contributed by atoms with E-state index in [-0.39, 0.29) is 0 Å². The van der Waals surface area contributed by atoms with Crippen molar-refractivity contribution in [2.24, 2.45) is 5.92 Å².